The third-order valence-electron chi connectivity index (χ3n) is 3.67. The van der Waals surface area contributed by atoms with Crippen LogP contribution in [-0.2, 0) is 13.0 Å². The molecule has 5 nitrogen and oxygen atoms in total. The van der Waals surface area contributed by atoms with Crippen LogP contribution in [0.15, 0.2) is 0 Å². The number of hydrogen-bond donors (Lipinski definition) is 1. The number of hydrogen-bond acceptors (Lipinski definition) is 3. The van der Waals surface area contributed by atoms with Gasteiger partial charge in [0.25, 0.3) is 0 Å². The van der Waals surface area contributed by atoms with Crippen LogP contribution in [0.25, 0.3) is 0 Å². The van der Waals surface area contributed by atoms with E-state index in [4.69, 9.17) is 5.11 Å². The quantitative estimate of drug-likeness (QED) is 0.815. The fourth-order valence-electron chi connectivity index (χ4n) is 2.19. The number of carboxylic acid groups (broad SMARTS) is 1. The first-order valence-electron chi connectivity index (χ1n) is 6.39. The average molecular weight is 235 g/mol. The summed E-state index contributed by atoms with van der Waals surface area (Å²) in [5.74, 6) is 0.547. The molecule has 1 aromatic rings. The molecule has 2 fully saturated rings. The number of carbonyl (C=O) groups is 1. The third kappa shape index (κ3) is 2.48. The van der Waals surface area contributed by atoms with E-state index in [1.54, 1.807) is 0 Å². The van der Waals surface area contributed by atoms with Crippen molar-refractivity contribution in [3.63, 3.8) is 0 Å². The van der Waals surface area contributed by atoms with Crippen molar-refractivity contribution in [2.24, 2.45) is 11.8 Å². The zero-order chi connectivity index (χ0) is 11.8. The first kappa shape index (κ1) is 10.7. The minimum absolute atomic E-state index is 0.160. The molecular weight excluding hydrogens is 218 g/mol. The number of aryl methyl sites for hydroxylation is 1. The van der Waals surface area contributed by atoms with Crippen molar-refractivity contribution in [3.8, 4) is 0 Å². The monoisotopic (exact) mass is 235 g/mol. The van der Waals surface area contributed by atoms with E-state index >= 15 is 0 Å². The molecular formula is C12H17N3O2. The molecule has 0 amide bonds. The molecule has 3 rings (SSSR count). The number of rotatable bonds is 6. The maximum atomic E-state index is 11.1. The Hall–Kier alpha value is -1.39. The molecule has 0 unspecified atom stereocenters. The highest BCUT2D eigenvalue weighted by Gasteiger charge is 2.29. The fraction of sp³-hybridized carbons (Fsp3) is 0.750. The predicted octanol–water partition coefficient (Wildman–Crippen LogP) is 1.73. The Balaban J connectivity index is 1.76. The summed E-state index contributed by atoms with van der Waals surface area (Å²) >= 11 is 0. The summed E-state index contributed by atoms with van der Waals surface area (Å²) in [5.41, 5.74) is 0.994. The first-order chi connectivity index (χ1) is 8.24. The van der Waals surface area contributed by atoms with Gasteiger partial charge in [-0.1, -0.05) is 18.1 Å². The minimum Gasteiger partial charge on any atom is -0.476 e. The molecule has 0 aromatic carbocycles. The summed E-state index contributed by atoms with van der Waals surface area (Å²) in [7, 11) is 0. The van der Waals surface area contributed by atoms with Gasteiger partial charge in [-0.05, 0) is 37.5 Å². The zero-order valence-electron chi connectivity index (χ0n) is 9.80. The molecule has 17 heavy (non-hydrogen) atoms. The molecule has 2 saturated carbocycles. The summed E-state index contributed by atoms with van der Waals surface area (Å²) < 4.78 is 1.82. The van der Waals surface area contributed by atoms with Gasteiger partial charge in [0.2, 0.25) is 0 Å². The number of aromatic nitrogens is 3. The lowest BCUT2D eigenvalue weighted by Crippen LogP contribution is -2.10. The minimum atomic E-state index is -0.946. The van der Waals surface area contributed by atoms with Crippen molar-refractivity contribution in [2.45, 2.75) is 45.1 Å². The van der Waals surface area contributed by atoms with Crippen LogP contribution in [0.5, 0.6) is 0 Å². The van der Waals surface area contributed by atoms with Crippen LogP contribution >= 0.6 is 0 Å². The second-order valence-electron chi connectivity index (χ2n) is 5.29. The van der Waals surface area contributed by atoms with Crippen LogP contribution < -0.4 is 0 Å². The van der Waals surface area contributed by atoms with Crippen molar-refractivity contribution in [1.82, 2.24) is 15.0 Å². The van der Waals surface area contributed by atoms with E-state index in [0.717, 1.165) is 31.0 Å². The Morgan fingerprint density at radius 3 is 2.59 bits per heavy atom. The van der Waals surface area contributed by atoms with Gasteiger partial charge in [-0.2, -0.15) is 0 Å². The van der Waals surface area contributed by atoms with Gasteiger partial charge in [-0.3, -0.25) is 0 Å². The molecule has 2 aliphatic rings. The molecule has 1 N–H and O–H groups in total. The van der Waals surface area contributed by atoms with Gasteiger partial charge < -0.3 is 5.11 Å². The topological polar surface area (TPSA) is 68.0 Å². The van der Waals surface area contributed by atoms with Gasteiger partial charge in [0.05, 0.1) is 5.69 Å². The third-order valence-corrected chi connectivity index (χ3v) is 3.67. The summed E-state index contributed by atoms with van der Waals surface area (Å²) in [6.07, 6.45) is 7.01. The summed E-state index contributed by atoms with van der Waals surface area (Å²) in [4.78, 5) is 11.1. The predicted molar refractivity (Wildman–Crippen MR) is 60.8 cm³/mol. The summed E-state index contributed by atoms with van der Waals surface area (Å²) in [5, 5.41) is 16.9. The SMILES string of the molecule is O=C(O)c1nnn(CCC2CC2)c1CC1CC1. The Bertz CT molecular complexity index is 433. The van der Waals surface area contributed by atoms with E-state index in [2.05, 4.69) is 10.3 Å². The van der Waals surface area contributed by atoms with Crippen LogP contribution in [0, 0.1) is 11.8 Å². The van der Waals surface area contributed by atoms with Crippen molar-refractivity contribution >= 4 is 5.97 Å². The highest BCUT2D eigenvalue weighted by Crippen LogP contribution is 2.35. The van der Waals surface area contributed by atoms with Gasteiger partial charge in [0.1, 0.15) is 0 Å². The van der Waals surface area contributed by atoms with E-state index in [1.165, 1.54) is 25.7 Å². The first-order valence-corrected chi connectivity index (χ1v) is 6.39. The lowest BCUT2D eigenvalue weighted by atomic mass is 10.1. The van der Waals surface area contributed by atoms with E-state index < -0.39 is 5.97 Å². The van der Waals surface area contributed by atoms with Crippen LogP contribution in [0.4, 0.5) is 0 Å². The summed E-state index contributed by atoms with van der Waals surface area (Å²) in [6.45, 7) is 0.826. The molecule has 1 aromatic heterocycles. The highest BCUT2D eigenvalue weighted by molar-refractivity contribution is 5.86. The van der Waals surface area contributed by atoms with Crippen LogP contribution in [0.1, 0.15) is 48.3 Å². The van der Waals surface area contributed by atoms with E-state index in [1.807, 2.05) is 4.68 Å². The van der Waals surface area contributed by atoms with E-state index in [-0.39, 0.29) is 5.69 Å². The van der Waals surface area contributed by atoms with Gasteiger partial charge in [0, 0.05) is 6.54 Å². The standard InChI is InChI=1S/C12H17N3O2/c16-12(17)11-10(7-9-3-4-9)15(14-13-11)6-5-8-1-2-8/h8-9H,1-7H2,(H,16,17). The molecule has 92 valence electrons. The van der Waals surface area contributed by atoms with Gasteiger partial charge >= 0.3 is 5.97 Å². The molecule has 0 bridgehead atoms. The molecule has 5 heteroatoms. The molecule has 0 saturated heterocycles. The van der Waals surface area contributed by atoms with Crippen molar-refractivity contribution in [1.29, 1.82) is 0 Å². The Morgan fingerprint density at radius 2 is 2.00 bits per heavy atom. The summed E-state index contributed by atoms with van der Waals surface area (Å²) in [6, 6.07) is 0. The van der Waals surface area contributed by atoms with Gasteiger partial charge in [-0.15, -0.1) is 5.10 Å². The molecule has 0 aliphatic heterocycles. The van der Waals surface area contributed by atoms with Crippen LogP contribution in [0.2, 0.25) is 0 Å². The molecule has 2 aliphatic carbocycles. The average Bonchev–Trinajstić information content (AvgIpc) is 3.16. The second kappa shape index (κ2) is 4.13. The number of nitrogens with zero attached hydrogens (tertiary/aromatic N) is 3. The van der Waals surface area contributed by atoms with Gasteiger partial charge in [-0.25, -0.2) is 9.48 Å². The van der Waals surface area contributed by atoms with Crippen molar-refractivity contribution in [2.75, 3.05) is 0 Å². The Kier molecular flexibility index (Phi) is 2.61. The van der Waals surface area contributed by atoms with E-state index in [0.29, 0.717) is 5.92 Å². The lowest BCUT2D eigenvalue weighted by molar-refractivity contribution is 0.0689. The molecule has 0 atom stereocenters. The fourth-order valence-corrected chi connectivity index (χ4v) is 2.19. The number of aromatic carboxylic acids is 1. The zero-order valence-corrected chi connectivity index (χ0v) is 9.80. The van der Waals surface area contributed by atoms with Crippen molar-refractivity contribution < 1.29 is 9.90 Å². The molecule has 1 heterocycles. The largest absolute Gasteiger partial charge is 0.476 e. The van der Waals surface area contributed by atoms with Crippen molar-refractivity contribution in [3.05, 3.63) is 11.4 Å². The number of carboxylic acids is 1. The maximum Gasteiger partial charge on any atom is 0.358 e. The van der Waals surface area contributed by atoms with Gasteiger partial charge in [0.15, 0.2) is 5.69 Å². The maximum absolute atomic E-state index is 11.1. The molecule has 0 radical (unpaired) electrons. The van der Waals surface area contributed by atoms with Crippen LogP contribution in [0.3, 0.4) is 0 Å². The normalized spacial score (nSPS) is 19.5. The smallest absolute Gasteiger partial charge is 0.358 e. The lowest BCUT2D eigenvalue weighted by Gasteiger charge is -2.05. The molecule has 0 spiro atoms. The Labute approximate surface area is 99.8 Å². The van der Waals surface area contributed by atoms with Crippen LogP contribution in [-0.4, -0.2) is 26.1 Å². The second-order valence-corrected chi connectivity index (χ2v) is 5.29. The Morgan fingerprint density at radius 1 is 1.29 bits per heavy atom. The highest BCUT2D eigenvalue weighted by atomic mass is 16.4. The van der Waals surface area contributed by atoms with E-state index in [9.17, 15) is 4.79 Å².